The number of rotatable bonds is 7. The molecule has 4 rings (SSSR count). The van der Waals surface area contributed by atoms with Gasteiger partial charge in [0.25, 0.3) is 10.0 Å². The molecule has 2 aromatic heterocycles. The van der Waals surface area contributed by atoms with Crippen molar-refractivity contribution >= 4 is 44.9 Å². The average molecular weight is 513 g/mol. The van der Waals surface area contributed by atoms with E-state index >= 15 is 0 Å². The molecule has 1 atom stereocenters. The third kappa shape index (κ3) is 4.98. The highest BCUT2D eigenvalue weighted by Gasteiger charge is 2.34. The molecule has 10 nitrogen and oxygen atoms in total. The summed E-state index contributed by atoms with van der Waals surface area (Å²) in [6.45, 7) is 0.395. The van der Waals surface area contributed by atoms with Gasteiger partial charge in [-0.25, -0.2) is 8.42 Å². The summed E-state index contributed by atoms with van der Waals surface area (Å²) < 4.78 is 43.7. The van der Waals surface area contributed by atoms with Crippen LogP contribution in [0.2, 0.25) is 4.34 Å². The summed E-state index contributed by atoms with van der Waals surface area (Å²) in [4.78, 5) is 12.8. The maximum atomic E-state index is 12.9. The van der Waals surface area contributed by atoms with Crippen LogP contribution in [0, 0.1) is 5.92 Å². The molecular weight excluding hydrogens is 492 g/mol. The molecule has 33 heavy (non-hydrogen) atoms. The molecule has 0 bridgehead atoms. The van der Waals surface area contributed by atoms with Crippen molar-refractivity contribution in [2.45, 2.75) is 17.1 Å². The number of hydrogen-bond acceptors (Lipinski definition) is 9. The molecule has 0 saturated carbocycles. The summed E-state index contributed by atoms with van der Waals surface area (Å²) in [5.41, 5.74) is 0.588. The number of thiophene rings is 1. The number of sulfonamides is 1. The Morgan fingerprint density at radius 3 is 2.70 bits per heavy atom. The maximum Gasteiger partial charge on any atom is 0.322 e. The Morgan fingerprint density at radius 2 is 2.00 bits per heavy atom. The number of aromatic nitrogens is 2. The predicted molar refractivity (Wildman–Crippen MR) is 122 cm³/mol. The summed E-state index contributed by atoms with van der Waals surface area (Å²) in [6, 6.07) is 8.04. The van der Waals surface area contributed by atoms with Crippen molar-refractivity contribution in [1.29, 1.82) is 0 Å². The van der Waals surface area contributed by atoms with Gasteiger partial charge in [-0.2, -0.15) is 4.31 Å². The highest BCUT2D eigenvalue weighted by atomic mass is 35.5. The van der Waals surface area contributed by atoms with Gasteiger partial charge < -0.3 is 13.9 Å². The van der Waals surface area contributed by atoms with E-state index in [0.717, 1.165) is 11.3 Å². The van der Waals surface area contributed by atoms with Gasteiger partial charge in [-0.3, -0.25) is 10.1 Å². The van der Waals surface area contributed by atoms with E-state index < -0.39 is 15.9 Å². The zero-order valence-electron chi connectivity index (χ0n) is 17.8. The SMILES string of the molecule is COc1ccc(-c2nnc(NC(=O)C3CCCN(S(=O)(=O)c4ccc(Cl)s4)C3)o2)cc1OC. The van der Waals surface area contributed by atoms with Crippen LogP contribution in [0.15, 0.2) is 39.0 Å². The van der Waals surface area contributed by atoms with Gasteiger partial charge in [-0.15, -0.1) is 16.4 Å². The second kappa shape index (κ2) is 9.67. The second-order valence-electron chi connectivity index (χ2n) is 7.23. The molecular formula is C20H21ClN4O6S2. The molecule has 3 heterocycles. The van der Waals surface area contributed by atoms with E-state index in [1.165, 1.54) is 24.6 Å². The smallest absolute Gasteiger partial charge is 0.322 e. The van der Waals surface area contributed by atoms with E-state index in [1.54, 1.807) is 24.3 Å². The highest BCUT2D eigenvalue weighted by molar-refractivity contribution is 7.91. The van der Waals surface area contributed by atoms with Crippen molar-refractivity contribution < 1.29 is 27.1 Å². The lowest BCUT2D eigenvalue weighted by Crippen LogP contribution is -2.43. The van der Waals surface area contributed by atoms with Crippen LogP contribution in [0.4, 0.5) is 6.01 Å². The van der Waals surface area contributed by atoms with Crippen LogP contribution in [-0.4, -0.2) is 56.1 Å². The monoisotopic (exact) mass is 512 g/mol. The summed E-state index contributed by atoms with van der Waals surface area (Å²) >= 11 is 6.88. The van der Waals surface area contributed by atoms with Gasteiger partial charge in [-0.05, 0) is 43.2 Å². The van der Waals surface area contributed by atoms with Gasteiger partial charge in [0.15, 0.2) is 11.5 Å². The van der Waals surface area contributed by atoms with E-state index in [-0.39, 0.29) is 28.6 Å². The number of anilines is 1. The fourth-order valence-corrected chi connectivity index (χ4v) is 6.67. The largest absolute Gasteiger partial charge is 0.493 e. The van der Waals surface area contributed by atoms with Crippen molar-refractivity contribution in [1.82, 2.24) is 14.5 Å². The molecule has 3 aromatic rings. The molecule has 1 N–H and O–H groups in total. The summed E-state index contributed by atoms with van der Waals surface area (Å²) in [5, 5.41) is 10.4. The van der Waals surface area contributed by atoms with Crippen LogP contribution >= 0.6 is 22.9 Å². The Balaban J connectivity index is 1.44. The molecule has 13 heteroatoms. The number of nitrogens with zero attached hydrogens (tertiary/aromatic N) is 3. The fraction of sp³-hybridized carbons (Fsp3) is 0.350. The van der Waals surface area contributed by atoms with Crippen LogP contribution in [0.25, 0.3) is 11.5 Å². The Labute approximate surface area is 199 Å². The summed E-state index contributed by atoms with van der Waals surface area (Å²) in [5.74, 6) is 0.293. The van der Waals surface area contributed by atoms with Crippen LogP contribution in [-0.2, 0) is 14.8 Å². The minimum atomic E-state index is -3.71. The van der Waals surface area contributed by atoms with Gasteiger partial charge in [0.2, 0.25) is 11.8 Å². The lowest BCUT2D eigenvalue weighted by atomic mass is 9.99. The number of benzene rings is 1. The van der Waals surface area contributed by atoms with E-state index in [9.17, 15) is 13.2 Å². The van der Waals surface area contributed by atoms with Crippen molar-refractivity contribution in [3.8, 4) is 23.0 Å². The summed E-state index contributed by atoms with van der Waals surface area (Å²) in [7, 11) is -0.662. The minimum Gasteiger partial charge on any atom is -0.493 e. The number of nitrogens with one attached hydrogen (secondary N) is 1. The molecule has 0 radical (unpaired) electrons. The molecule has 1 aromatic carbocycles. The topological polar surface area (TPSA) is 124 Å². The molecule has 1 saturated heterocycles. The number of hydrogen-bond donors (Lipinski definition) is 1. The minimum absolute atomic E-state index is 0.0559. The first-order chi connectivity index (χ1) is 15.8. The number of halogens is 1. The van der Waals surface area contributed by atoms with E-state index in [4.69, 9.17) is 25.5 Å². The predicted octanol–water partition coefficient (Wildman–Crippen LogP) is 3.51. The second-order valence-corrected chi connectivity index (χ2v) is 11.1. The van der Waals surface area contributed by atoms with E-state index in [0.29, 0.717) is 40.8 Å². The van der Waals surface area contributed by atoms with Gasteiger partial charge in [0, 0.05) is 18.7 Å². The van der Waals surface area contributed by atoms with E-state index in [2.05, 4.69) is 15.5 Å². The Bertz CT molecular complexity index is 1260. The Morgan fingerprint density at radius 1 is 1.21 bits per heavy atom. The number of methoxy groups -OCH3 is 2. The molecule has 0 aliphatic carbocycles. The van der Waals surface area contributed by atoms with Crippen molar-refractivity contribution in [2.75, 3.05) is 32.6 Å². The van der Waals surface area contributed by atoms with Crippen LogP contribution in [0.5, 0.6) is 11.5 Å². The lowest BCUT2D eigenvalue weighted by molar-refractivity contribution is -0.121. The number of amides is 1. The van der Waals surface area contributed by atoms with Crippen molar-refractivity contribution in [3.05, 3.63) is 34.7 Å². The number of piperidine rings is 1. The summed E-state index contributed by atoms with van der Waals surface area (Å²) in [6.07, 6.45) is 1.09. The molecule has 1 fully saturated rings. The number of ether oxygens (including phenoxy) is 2. The third-order valence-corrected chi connectivity index (χ3v) is 8.75. The van der Waals surface area contributed by atoms with Crippen molar-refractivity contribution in [2.24, 2.45) is 5.92 Å². The maximum absolute atomic E-state index is 12.9. The van der Waals surface area contributed by atoms with Crippen LogP contribution in [0.3, 0.4) is 0 Å². The van der Waals surface area contributed by atoms with Gasteiger partial charge in [-0.1, -0.05) is 16.7 Å². The fourth-order valence-electron chi connectivity index (χ4n) is 3.51. The zero-order chi connectivity index (χ0) is 23.6. The molecule has 1 amide bonds. The van der Waals surface area contributed by atoms with Crippen LogP contribution in [0.1, 0.15) is 12.8 Å². The van der Waals surface area contributed by atoms with Gasteiger partial charge >= 0.3 is 6.01 Å². The molecule has 1 unspecified atom stereocenters. The van der Waals surface area contributed by atoms with E-state index in [1.807, 2.05) is 0 Å². The first-order valence-corrected chi connectivity index (χ1v) is 12.6. The first-order valence-electron chi connectivity index (χ1n) is 9.94. The molecule has 0 spiro atoms. The van der Waals surface area contributed by atoms with Crippen LogP contribution < -0.4 is 14.8 Å². The molecule has 1 aliphatic heterocycles. The average Bonchev–Trinajstić information content (AvgIpc) is 3.48. The zero-order valence-corrected chi connectivity index (χ0v) is 20.2. The lowest BCUT2D eigenvalue weighted by Gasteiger charge is -2.30. The van der Waals surface area contributed by atoms with Gasteiger partial charge in [0.1, 0.15) is 4.21 Å². The standard InChI is InChI=1S/C20H21ClN4O6S2/c1-29-14-6-5-12(10-15(14)30-2)19-23-24-20(31-19)22-18(26)13-4-3-9-25(11-13)33(27,28)17-8-7-16(21)32-17/h5-8,10,13H,3-4,9,11H2,1-2H3,(H,22,24,26). The first kappa shape index (κ1) is 23.5. The quantitative estimate of drug-likeness (QED) is 0.510. The van der Waals surface area contributed by atoms with Crippen molar-refractivity contribution in [3.63, 3.8) is 0 Å². The Kier molecular flexibility index (Phi) is 6.88. The number of carbonyl (C=O) groups excluding carboxylic acids is 1. The molecule has 176 valence electrons. The number of carbonyl (C=O) groups is 1. The highest BCUT2D eigenvalue weighted by Crippen LogP contribution is 2.33. The van der Waals surface area contributed by atoms with Gasteiger partial charge in [0.05, 0.1) is 24.5 Å². The Hall–Kier alpha value is -2.67. The molecule has 1 aliphatic rings. The normalized spacial score (nSPS) is 17.0. The third-order valence-electron chi connectivity index (χ3n) is 5.18.